The van der Waals surface area contributed by atoms with Crippen molar-refractivity contribution < 1.29 is 18.3 Å². The van der Waals surface area contributed by atoms with Crippen molar-refractivity contribution in [2.45, 2.75) is 36.4 Å². The summed E-state index contributed by atoms with van der Waals surface area (Å²) in [4.78, 5) is 14.6. The molecule has 1 aliphatic rings. The molecule has 2 rings (SSSR count). The quantitative estimate of drug-likeness (QED) is 0.814. The third-order valence-electron chi connectivity index (χ3n) is 2.76. The molecule has 1 aromatic rings. The van der Waals surface area contributed by atoms with Gasteiger partial charge in [-0.15, -0.1) is 11.3 Å². The highest BCUT2D eigenvalue weighted by Crippen LogP contribution is 2.35. The predicted octanol–water partition coefficient (Wildman–Crippen LogP) is 0.983. The Hall–Kier alpha value is -0.990. The SMILES string of the molecule is Cc1ncc(S(=O)(=O)NC(CC(=O)O)C2CC2)s1. The normalized spacial score (nSPS) is 17.6. The number of hydrogen-bond donors (Lipinski definition) is 2. The molecule has 0 radical (unpaired) electrons. The topological polar surface area (TPSA) is 96.4 Å². The molecule has 2 N–H and O–H groups in total. The van der Waals surface area contributed by atoms with Crippen LogP contribution >= 0.6 is 11.3 Å². The van der Waals surface area contributed by atoms with Gasteiger partial charge in [-0.3, -0.25) is 4.79 Å². The molecule has 8 heteroatoms. The third-order valence-corrected chi connectivity index (χ3v) is 5.62. The van der Waals surface area contributed by atoms with Crippen molar-refractivity contribution in [2.24, 2.45) is 5.92 Å². The van der Waals surface area contributed by atoms with Crippen molar-refractivity contribution in [3.8, 4) is 0 Å². The largest absolute Gasteiger partial charge is 0.481 e. The first kappa shape index (κ1) is 13.4. The highest BCUT2D eigenvalue weighted by Gasteiger charge is 2.36. The minimum Gasteiger partial charge on any atom is -0.481 e. The van der Waals surface area contributed by atoms with E-state index in [9.17, 15) is 13.2 Å². The van der Waals surface area contributed by atoms with E-state index in [2.05, 4.69) is 9.71 Å². The molecule has 1 aromatic heterocycles. The summed E-state index contributed by atoms with van der Waals surface area (Å²) < 4.78 is 26.7. The van der Waals surface area contributed by atoms with Crippen molar-refractivity contribution in [3.05, 3.63) is 11.2 Å². The van der Waals surface area contributed by atoms with E-state index in [4.69, 9.17) is 5.11 Å². The molecule has 0 saturated heterocycles. The fourth-order valence-corrected chi connectivity index (χ4v) is 4.14. The molecule has 6 nitrogen and oxygen atoms in total. The Kier molecular flexibility index (Phi) is 3.69. The molecular formula is C10H14N2O4S2. The van der Waals surface area contributed by atoms with Crippen molar-refractivity contribution in [3.63, 3.8) is 0 Å². The number of carbonyl (C=O) groups is 1. The molecule has 1 atom stereocenters. The van der Waals surface area contributed by atoms with E-state index in [0.29, 0.717) is 5.01 Å². The maximum Gasteiger partial charge on any atom is 0.304 e. The Labute approximate surface area is 109 Å². The number of hydrogen-bond acceptors (Lipinski definition) is 5. The zero-order valence-electron chi connectivity index (χ0n) is 9.79. The molecule has 18 heavy (non-hydrogen) atoms. The Morgan fingerprint density at radius 3 is 2.78 bits per heavy atom. The summed E-state index contributed by atoms with van der Waals surface area (Å²) in [5.74, 6) is -0.847. The van der Waals surface area contributed by atoms with E-state index in [1.165, 1.54) is 6.20 Å². The van der Waals surface area contributed by atoms with Gasteiger partial charge in [-0.2, -0.15) is 0 Å². The van der Waals surface area contributed by atoms with Gasteiger partial charge < -0.3 is 5.11 Å². The number of carboxylic acid groups (broad SMARTS) is 1. The first-order chi connectivity index (χ1) is 8.38. The molecule has 0 aromatic carbocycles. The average molecular weight is 290 g/mol. The van der Waals surface area contributed by atoms with Crippen LogP contribution in [0.2, 0.25) is 0 Å². The summed E-state index contributed by atoms with van der Waals surface area (Å²) in [5.41, 5.74) is 0. The van der Waals surface area contributed by atoms with Gasteiger partial charge in [0.05, 0.1) is 17.6 Å². The van der Waals surface area contributed by atoms with E-state index >= 15 is 0 Å². The molecule has 1 saturated carbocycles. The summed E-state index contributed by atoms with van der Waals surface area (Å²) in [6, 6.07) is -0.519. The molecular weight excluding hydrogens is 276 g/mol. The fraction of sp³-hybridized carbons (Fsp3) is 0.600. The zero-order valence-corrected chi connectivity index (χ0v) is 11.4. The van der Waals surface area contributed by atoms with Crippen molar-refractivity contribution in [1.29, 1.82) is 0 Å². The Morgan fingerprint density at radius 2 is 2.33 bits per heavy atom. The standard InChI is InChI=1S/C10H14N2O4S2/c1-6-11-5-10(17-6)18(15,16)12-8(4-9(13)14)7-2-3-7/h5,7-8,12H,2-4H2,1H3,(H,13,14). The van der Waals surface area contributed by atoms with Crippen molar-refractivity contribution >= 4 is 27.3 Å². The van der Waals surface area contributed by atoms with Crippen molar-refractivity contribution in [2.75, 3.05) is 0 Å². The van der Waals surface area contributed by atoms with Gasteiger partial charge in [0.1, 0.15) is 0 Å². The number of aliphatic carboxylic acids is 1. The van der Waals surface area contributed by atoms with Gasteiger partial charge in [0.25, 0.3) is 10.0 Å². The number of nitrogens with zero attached hydrogens (tertiary/aromatic N) is 1. The second kappa shape index (κ2) is 4.94. The summed E-state index contributed by atoms with van der Waals surface area (Å²) in [6.07, 6.45) is 2.87. The minimum absolute atomic E-state index is 0.135. The molecule has 0 bridgehead atoms. The second-order valence-electron chi connectivity index (χ2n) is 4.36. The highest BCUT2D eigenvalue weighted by molar-refractivity contribution is 7.91. The average Bonchev–Trinajstić information content (AvgIpc) is 2.99. The Bertz CT molecular complexity index is 548. The number of rotatable bonds is 6. The molecule has 0 amide bonds. The highest BCUT2D eigenvalue weighted by atomic mass is 32.2. The van der Waals surface area contributed by atoms with E-state index < -0.39 is 22.0 Å². The summed E-state index contributed by atoms with van der Waals surface area (Å²) in [5, 5.41) is 9.45. The fourth-order valence-electron chi connectivity index (χ4n) is 1.71. The van der Waals surface area contributed by atoms with E-state index in [1.807, 2.05) is 0 Å². The van der Waals surface area contributed by atoms with Crippen LogP contribution in [0.5, 0.6) is 0 Å². The molecule has 1 heterocycles. The number of carboxylic acids is 1. The van der Waals surface area contributed by atoms with Gasteiger partial charge in [0.15, 0.2) is 4.21 Å². The minimum atomic E-state index is -3.65. The first-order valence-corrected chi connectivity index (χ1v) is 7.85. The van der Waals surface area contributed by atoms with Crippen LogP contribution in [-0.4, -0.2) is 30.5 Å². The number of sulfonamides is 1. The van der Waals surface area contributed by atoms with Crippen molar-refractivity contribution in [1.82, 2.24) is 9.71 Å². The van der Waals surface area contributed by atoms with Gasteiger partial charge in [-0.25, -0.2) is 18.1 Å². The molecule has 1 unspecified atom stereocenters. The lowest BCUT2D eigenvalue weighted by Crippen LogP contribution is -2.37. The van der Waals surface area contributed by atoms with E-state index in [1.54, 1.807) is 6.92 Å². The van der Waals surface area contributed by atoms with Crippen LogP contribution in [0, 0.1) is 12.8 Å². The first-order valence-electron chi connectivity index (χ1n) is 5.55. The van der Waals surface area contributed by atoms with Gasteiger partial charge in [-0.1, -0.05) is 0 Å². The lowest BCUT2D eigenvalue weighted by atomic mass is 10.1. The number of nitrogens with one attached hydrogen (secondary N) is 1. The van der Waals surface area contributed by atoms with Crippen LogP contribution in [0.25, 0.3) is 0 Å². The molecule has 100 valence electrons. The lowest BCUT2D eigenvalue weighted by molar-refractivity contribution is -0.137. The molecule has 0 aliphatic heterocycles. The maximum atomic E-state index is 12.0. The molecule has 0 spiro atoms. The van der Waals surface area contributed by atoms with Crippen LogP contribution in [0.1, 0.15) is 24.3 Å². The number of thiazole rings is 1. The summed E-state index contributed by atoms with van der Waals surface area (Å²) in [7, 11) is -3.65. The van der Waals surface area contributed by atoms with Gasteiger partial charge in [-0.05, 0) is 25.7 Å². The molecule has 1 fully saturated rings. The Morgan fingerprint density at radius 1 is 1.67 bits per heavy atom. The van der Waals surface area contributed by atoms with Gasteiger partial charge in [0, 0.05) is 6.04 Å². The monoisotopic (exact) mass is 290 g/mol. The molecule has 1 aliphatic carbocycles. The predicted molar refractivity (Wildman–Crippen MR) is 65.9 cm³/mol. The van der Waals surface area contributed by atoms with Crippen LogP contribution in [-0.2, 0) is 14.8 Å². The third kappa shape index (κ3) is 3.27. The van der Waals surface area contributed by atoms with Gasteiger partial charge >= 0.3 is 5.97 Å². The Balaban J connectivity index is 2.12. The number of aromatic nitrogens is 1. The maximum absolute atomic E-state index is 12.0. The van der Waals surface area contributed by atoms with E-state index in [0.717, 1.165) is 24.2 Å². The van der Waals surface area contributed by atoms with Crippen LogP contribution in [0.4, 0.5) is 0 Å². The zero-order chi connectivity index (χ0) is 13.3. The van der Waals surface area contributed by atoms with Crippen LogP contribution in [0.3, 0.4) is 0 Å². The lowest BCUT2D eigenvalue weighted by Gasteiger charge is -2.15. The number of aryl methyl sites for hydroxylation is 1. The van der Waals surface area contributed by atoms with Crippen LogP contribution < -0.4 is 4.72 Å². The second-order valence-corrected chi connectivity index (χ2v) is 7.54. The van der Waals surface area contributed by atoms with Crippen LogP contribution in [0.15, 0.2) is 10.4 Å². The summed E-state index contributed by atoms with van der Waals surface area (Å²) in [6.45, 7) is 1.72. The smallest absolute Gasteiger partial charge is 0.304 e. The van der Waals surface area contributed by atoms with E-state index in [-0.39, 0.29) is 16.5 Å². The summed E-state index contributed by atoms with van der Waals surface area (Å²) >= 11 is 1.08. The van der Waals surface area contributed by atoms with Gasteiger partial charge in [0.2, 0.25) is 0 Å².